The zero-order valence-corrected chi connectivity index (χ0v) is 30.5. The molecule has 5 N–H and O–H groups in total. The van der Waals surface area contributed by atoms with Crippen LogP contribution in [0.4, 0.5) is 9.59 Å². The van der Waals surface area contributed by atoms with E-state index in [1.165, 1.54) is 19.2 Å². The smallest absolute Gasteiger partial charge is 0.407 e. The lowest BCUT2D eigenvalue weighted by atomic mass is 9.85. The summed E-state index contributed by atoms with van der Waals surface area (Å²) < 4.78 is 11.1. The number of aliphatic hydroxyl groups is 1. The Balaban J connectivity index is 1.95. The van der Waals surface area contributed by atoms with Crippen molar-refractivity contribution in [2.24, 2.45) is 18.4 Å². The molecule has 0 unspecified atom stereocenters. The molecule has 0 bridgehead atoms. The van der Waals surface area contributed by atoms with E-state index in [2.05, 4.69) is 36.9 Å². The summed E-state index contributed by atoms with van der Waals surface area (Å²) in [5.74, 6) is -0.710. The number of aryl methyl sites for hydroxylation is 1. The molecule has 1 heterocycles. The first-order chi connectivity index (χ1) is 24.2. The van der Waals surface area contributed by atoms with Gasteiger partial charge in [0.1, 0.15) is 12.1 Å². The van der Waals surface area contributed by atoms with Gasteiger partial charge in [-0.05, 0) is 39.3 Å². The van der Waals surface area contributed by atoms with Crippen LogP contribution in [0.25, 0.3) is 11.4 Å². The highest BCUT2D eigenvalue weighted by Crippen LogP contribution is 2.21. The first-order valence-electron chi connectivity index (χ1n) is 16.7. The highest BCUT2D eigenvalue weighted by Gasteiger charge is 2.36. The molecule has 0 aliphatic heterocycles. The van der Waals surface area contributed by atoms with Gasteiger partial charge in [0.15, 0.2) is 5.82 Å². The summed E-state index contributed by atoms with van der Waals surface area (Å²) in [6.45, 7) is 9.15. The molecule has 51 heavy (non-hydrogen) atoms. The number of benzene rings is 2. The Hall–Kier alpha value is -5.09. The van der Waals surface area contributed by atoms with E-state index in [-0.39, 0.29) is 25.4 Å². The van der Waals surface area contributed by atoms with Gasteiger partial charge >= 0.3 is 12.2 Å². The number of carbonyl (C=O) groups is 4. The first-order valence-corrected chi connectivity index (χ1v) is 16.7. The molecule has 278 valence electrons. The Labute approximate surface area is 298 Å². The molecule has 4 amide bonds. The van der Waals surface area contributed by atoms with E-state index in [4.69, 9.17) is 9.47 Å². The number of nitrogens with zero attached hydrogens (tertiary/aromatic N) is 5. The Kier molecular flexibility index (Phi) is 14.9. The molecule has 0 spiro atoms. The van der Waals surface area contributed by atoms with E-state index < -0.39 is 53.6 Å². The summed E-state index contributed by atoms with van der Waals surface area (Å²) in [4.78, 5) is 51.8. The molecule has 2 aromatic carbocycles. The summed E-state index contributed by atoms with van der Waals surface area (Å²) >= 11 is 0. The minimum absolute atomic E-state index is 0.130. The van der Waals surface area contributed by atoms with Crippen LogP contribution in [0.15, 0.2) is 54.6 Å². The van der Waals surface area contributed by atoms with E-state index in [1.54, 1.807) is 32.5 Å². The minimum Gasteiger partial charge on any atom is -0.453 e. The average molecular weight is 710 g/mol. The summed E-state index contributed by atoms with van der Waals surface area (Å²) in [7, 11) is 4.17. The van der Waals surface area contributed by atoms with E-state index >= 15 is 0 Å². The van der Waals surface area contributed by atoms with Crippen LogP contribution in [0, 0.1) is 11.3 Å². The molecule has 1 aromatic heterocycles. The lowest BCUT2D eigenvalue weighted by Gasteiger charge is -2.35. The Morgan fingerprint density at radius 2 is 1.53 bits per heavy atom. The highest BCUT2D eigenvalue weighted by atomic mass is 16.5. The molecule has 3 rings (SSSR count). The van der Waals surface area contributed by atoms with E-state index in [9.17, 15) is 24.3 Å². The fraction of sp³-hybridized carbons (Fsp3) is 0.514. The third kappa shape index (κ3) is 12.0. The van der Waals surface area contributed by atoms with E-state index in [1.807, 2.05) is 68.4 Å². The molecule has 3 aromatic rings. The van der Waals surface area contributed by atoms with Crippen LogP contribution in [-0.2, 0) is 39.1 Å². The number of carbonyl (C=O) groups excluding carboxylic acids is 4. The Morgan fingerprint density at radius 1 is 0.902 bits per heavy atom. The standard InChI is InChI=1S/C35H51N9O7/c1-9-22(2)28(37-33(48)50-7)31(46)40-44(20-24-15-17-25(18-16-24)30-39-41-42-43(30)6)21-27(45)26(19-23-13-11-10-12-14-23)36-32(47)29(35(3,4)5)38-34(49)51-8/h10-18,22,26-29,45H,9,19-21H2,1-8H3,(H,36,47)(H,37,48)(H,38,49)(H,40,46)/t22-,26-,27-,28-,29+/m0/s1. The van der Waals surface area contributed by atoms with Crippen molar-refractivity contribution >= 4 is 24.0 Å². The number of nitrogens with one attached hydrogen (secondary N) is 4. The number of hydrogen-bond donors (Lipinski definition) is 5. The topological polar surface area (TPSA) is 202 Å². The fourth-order valence-corrected chi connectivity index (χ4v) is 5.34. The van der Waals surface area contributed by atoms with Crippen LogP contribution in [0.1, 0.15) is 52.2 Å². The number of tetrazole rings is 1. The predicted molar refractivity (Wildman–Crippen MR) is 188 cm³/mol. The van der Waals surface area contributed by atoms with Gasteiger partial charge in [-0.1, -0.05) is 95.6 Å². The number of amides is 4. The zero-order valence-electron chi connectivity index (χ0n) is 30.5. The number of alkyl carbamates (subject to hydrolysis) is 2. The van der Waals surface area contributed by atoms with Crippen molar-refractivity contribution in [3.05, 3.63) is 65.7 Å². The zero-order chi connectivity index (χ0) is 37.7. The van der Waals surface area contributed by atoms with Crippen molar-refractivity contribution in [2.75, 3.05) is 20.8 Å². The molecule has 0 saturated heterocycles. The van der Waals surface area contributed by atoms with Crippen molar-refractivity contribution in [1.82, 2.24) is 46.6 Å². The maximum Gasteiger partial charge on any atom is 0.407 e. The summed E-state index contributed by atoms with van der Waals surface area (Å²) in [5, 5.41) is 33.1. The van der Waals surface area contributed by atoms with Crippen LogP contribution in [-0.4, -0.2) is 99.3 Å². The van der Waals surface area contributed by atoms with Gasteiger partial charge in [-0.3, -0.25) is 15.0 Å². The lowest BCUT2D eigenvalue weighted by Crippen LogP contribution is -2.60. The second-order valence-electron chi connectivity index (χ2n) is 13.5. The second kappa shape index (κ2) is 18.8. The van der Waals surface area contributed by atoms with Crippen molar-refractivity contribution in [1.29, 1.82) is 0 Å². The van der Waals surface area contributed by atoms with Crippen LogP contribution < -0.4 is 21.4 Å². The molecule has 0 aliphatic carbocycles. The van der Waals surface area contributed by atoms with Gasteiger partial charge in [0.05, 0.1) is 26.4 Å². The van der Waals surface area contributed by atoms with Gasteiger partial charge in [0.25, 0.3) is 5.91 Å². The molecule has 5 atom stereocenters. The number of aliphatic hydroxyl groups excluding tert-OH is 1. The second-order valence-corrected chi connectivity index (χ2v) is 13.5. The summed E-state index contributed by atoms with van der Waals surface area (Å²) in [6.07, 6.45) is -1.92. The van der Waals surface area contributed by atoms with Crippen LogP contribution >= 0.6 is 0 Å². The maximum absolute atomic E-state index is 13.7. The number of methoxy groups -OCH3 is 2. The van der Waals surface area contributed by atoms with Crippen molar-refractivity contribution in [3.8, 4) is 11.4 Å². The molecule has 16 nitrogen and oxygen atoms in total. The van der Waals surface area contributed by atoms with Gasteiger partial charge in [-0.25, -0.2) is 19.3 Å². The molecular formula is C35H51N9O7. The molecule has 0 saturated carbocycles. The summed E-state index contributed by atoms with van der Waals surface area (Å²) in [6, 6.07) is 13.9. The SMILES string of the molecule is CC[C@H](C)[C@H](NC(=O)OC)C(=O)NN(Cc1ccc(-c2nnnn2C)cc1)C[C@H](O)[C@H](Cc1ccccc1)NC(=O)[C@@H](NC(=O)OC)C(C)(C)C. The normalized spacial score (nSPS) is 14.4. The van der Waals surface area contributed by atoms with Crippen molar-refractivity contribution in [3.63, 3.8) is 0 Å². The van der Waals surface area contributed by atoms with Crippen molar-refractivity contribution < 1.29 is 33.8 Å². The highest BCUT2D eigenvalue weighted by molar-refractivity contribution is 5.87. The van der Waals surface area contributed by atoms with E-state index in [0.29, 0.717) is 12.2 Å². The molecule has 0 aliphatic rings. The predicted octanol–water partition coefficient (Wildman–Crippen LogP) is 2.34. The number of rotatable bonds is 16. The fourth-order valence-electron chi connectivity index (χ4n) is 5.34. The molecular weight excluding hydrogens is 658 g/mol. The molecule has 16 heteroatoms. The van der Waals surface area contributed by atoms with Gasteiger partial charge in [-0.15, -0.1) is 5.10 Å². The van der Waals surface area contributed by atoms with Gasteiger partial charge < -0.3 is 30.5 Å². The third-order valence-electron chi connectivity index (χ3n) is 8.50. The number of hydrogen-bond acceptors (Lipinski definition) is 11. The Bertz CT molecular complexity index is 1580. The lowest BCUT2D eigenvalue weighted by molar-refractivity contribution is -0.131. The van der Waals surface area contributed by atoms with Crippen LogP contribution in [0.5, 0.6) is 0 Å². The first kappa shape index (κ1) is 40.3. The largest absolute Gasteiger partial charge is 0.453 e. The van der Waals surface area contributed by atoms with Gasteiger partial charge in [-0.2, -0.15) is 0 Å². The number of aromatic nitrogens is 4. The van der Waals surface area contributed by atoms with Crippen molar-refractivity contribution in [2.45, 2.75) is 78.2 Å². The van der Waals surface area contributed by atoms with Gasteiger partial charge in [0.2, 0.25) is 5.91 Å². The monoisotopic (exact) mass is 709 g/mol. The van der Waals surface area contributed by atoms with Crippen LogP contribution in [0.2, 0.25) is 0 Å². The quantitative estimate of drug-likeness (QED) is 0.137. The molecule has 0 fully saturated rings. The minimum atomic E-state index is -1.23. The summed E-state index contributed by atoms with van der Waals surface area (Å²) in [5.41, 5.74) is 4.59. The Morgan fingerprint density at radius 3 is 2.08 bits per heavy atom. The van der Waals surface area contributed by atoms with Gasteiger partial charge in [0, 0.05) is 25.7 Å². The number of hydrazine groups is 1. The molecule has 0 radical (unpaired) electrons. The number of ether oxygens (including phenoxy) is 2. The average Bonchev–Trinajstić information content (AvgIpc) is 3.54. The van der Waals surface area contributed by atoms with E-state index in [0.717, 1.165) is 16.7 Å². The third-order valence-corrected chi connectivity index (χ3v) is 8.50. The van der Waals surface area contributed by atoms with Crippen LogP contribution in [0.3, 0.4) is 0 Å². The maximum atomic E-state index is 13.7.